The number of amides is 1. The van der Waals surface area contributed by atoms with E-state index in [4.69, 9.17) is 4.74 Å². The van der Waals surface area contributed by atoms with Crippen LogP contribution < -0.4 is 10.2 Å². The molecule has 0 aliphatic rings. The van der Waals surface area contributed by atoms with Crippen molar-refractivity contribution in [2.24, 2.45) is 5.10 Å². The molecule has 1 aromatic heterocycles. The van der Waals surface area contributed by atoms with Crippen LogP contribution >= 0.6 is 15.9 Å². The number of benzene rings is 4. The number of halogens is 1. The van der Waals surface area contributed by atoms with E-state index in [2.05, 4.69) is 37.5 Å². The van der Waals surface area contributed by atoms with E-state index in [-0.39, 0.29) is 5.69 Å². The molecule has 38 heavy (non-hydrogen) atoms. The minimum Gasteiger partial charge on any atom is -0.422 e. The average Bonchev–Trinajstić information content (AvgIpc) is 3.35. The summed E-state index contributed by atoms with van der Waals surface area (Å²) in [5, 5.41) is 14.4. The summed E-state index contributed by atoms with van der Waals surface area (Å²) in [6.07, 6.45) is 1.41. The molecule has 0 aliphatic heterocycles. The highest BCUT2D eigenvalue weighted by Gasteiger charge is 2.20. The highest BCUT2D eigenvalue weighted by atomic mass is 79.9. The molecule has 1 heterocycles. The summed E-state index contributed by atoms with van der Waals surface area (Å²) in [5.74, 6) is -0.696. The van der Waals surface area contributed by atoms with Crippen molar-refractivity contribution in [1.82, 2.24) is 10.4 Å². The Morgan fingerprint density at radius 1 is 0.921 bits per heavy atom. The molecule has 0 fully saturated rings. The Balaban J connectivity index is 1.41. The lowest BCUT2D eigenvalue weighted by Crippen LogP contribution is -2.19. The van der Waals surface area contributed by atoms with E-state index in [9.17, 15) is 14.9 Å². The van der Waals surface area contributed by atoms with Crippen molar-refractivity contribution in [2.75, 3.05) is 0 Å². The Kier molecular flexibility index (Phi) is 7.11. The molecule has 1 amide bonds. The number of aromatic amines is 1. The van der Waals surface area contributed by atoms with Crippen LogP contribution in [-0.2, 0) is 0 Å². The number of hydrazone groups is 1. The standard InChI is InChI=1S/C30H19BrN4O3/c31-23-15-13-20(14-16-23)30(37)38-25-12-5-4-9-22(25)18-33-35-29(36)28-26(19-7-2-1-3-8-19)24-11-6-10-21(17-32)27(24)34-28/h1-16,18,34H,(H,35,36). The average molecular weight is 563 g/mol. The molecule has 5 rings (SSSR count). The number of hydrogen-bond donors (Lipinski definition) is 2. The second-order valence-electron chi connectivity index (χ2n) is 8.21. The van der Waals surface area contributed by atoms with E-state index < -0.39 is 11.9 Å². The molecule has 2 N–H and O–H groups in total. The number of para-hydroxylation sites is 2. The molecule has 0 atom stereocenters. The van der Waals surface area contributed by atoms with Gasteiger partial charge in [-0.3, -0.25) is 4.79 Å². The van der Waals surface area contributed by atoms with Crippen LogP contribution in [0.25, 0.3) is 22.0 Å². The van der Waals surface area contributed by atoms with Gasteiger partial charge in [-0.05, 0) is 48.0 Å². The molecule has 8 heteroatoms. The third-order valence-electron chi connectivity index (χ3n) is 5.82. The highest BCUT2D eigenvalue weighted by Crippen LogP contribution is 2.33. The van der Waals surface area contributed by atoms with E-state index in [1.54, 1.807) is 60.7 Å². The number of ether oxygens (including phenoxy) is 1. The van der Waals surface area contributed by atoms with Gasteiger partial charge in [0.2, 0.25) is 0 Å². The summed E-state index contributed by atoms with van der Waals surface area (Å²) < 4.78 is 6.41. The van der Waals surface area contributed by atoms with Gasteiger partial charge in [-0.1, -0.05) is 70.5 Å². The van der Waals surface area contributed by atoms with E-state index in [0.29, 0.717) is 33.5 Å². The monoisotopic (exact) mass is 562 g/mol. The second-order valence-corrected chi connectivity index (χ2v) is 9.13. The number of esters is 1. The number of carbonyl (C=O) groups is 2. The number of hydrogen-bond acceptors (Lipinski definition) is 5. The van der Waals surface area contributed by atoms with Gasteiger partial charge in [-0.15, -0.1) is 0 Å². The SMILES string of the molecule is N#Cc1cccc2c(-c3ccccc3)c(C(=O)NN=Cc3ccccc3OC(=O)c3ccc(Br)cc3)[nH]c12. The van der Waals surface area contributed by atoms with Crippen LogP contribution in [0.5, 0.6) is 5.75 Å². The van der Waals surface area contributed by atoms with Crippen LogP contribution in [0.2, 0.25) is 0 Å². The zero-order valence-corrected chi connectivity index (χ0v) is 21.4. The number of H-pyrrole nitrogens is 1. The van der Waals surface area contributed by atoms with Gasteiger partial charge in [0.05, 0.1) is 22.9 Å². The molecular weight excluding hydrogens is 544 g/mol. The van der Waals surface area contributed by atoms with Crippen LogP contribution in [0.3, 0.4) is 0 Å². The van der Waals surface area contributed by atoms with Crippen LogP contribution in [0.15, 0.2) is 107 Å². The molecule has 184 valence electrons. The molecule has 0 radical (unpaired) electrons. The first kappa shape index (κ1) is 24.7. The number of rotatable bonds is 6. The van der Waals surface area contributed by atoms with E-state index in [1.807, 2.05) is 36.4 Å². The van der Waals surface area contributed by atoms with Crippen molar-refractivity contribution in [3.63, 3.8) is 0 Å². The fourth-order valence-corrected chi connectivity index (χ4v) is 4.29. The molecule has 0 saturated heterocycles. The smallest absolute Gasteiger partial charge is 0.343 e. The van der Waals surface area contributed by atoms with Gasteiger partial charge in [0.25, 0.3) is 5.91 Å². The summed E-state index contributed by atoms with van der Waals surface area (Å²) in [5.41, 5.74) is 6.24. The Morgan fingerprint density at radius 3 is 2.42 bits per heavy atom. The maximum atomic E-state index is 13.2. The number of fused-ring (bicyclic) bond motifs is 1. The molecule has 5 aromatic rings. The van der Waals surface area contributed by atoms with Crippen LogP contribution in [0.4, 0.5) is 0 Å². The van der Waals surface area contributed by atoms with Gasteiger partial charge < -0.3 is 9.72 Å². The quantitative estimate of drug-likeness (QED) is 0.107. The molecule has 0 spiro atoms. The van der Waals surface area contributed by atoms with Crippen LogP contribution in [0.1, 0.15) is 32.0 Å². The Morgan fingerprint density at radius 2 is 1.66 bits per heavy atom. The molecular formula is C30H19BrN4O3. The lowest BCUT2D eigenvalue weighted by molar-refractivity contribution is 0.0734. The minimum atomic E-state index is -0.513. The van der Waals surface area contributed by atoms with Crippen molar-refractivity contribution in [1.29, 1.82) is 5.26 Å². The third-order valence-corrected chi connectivity index (χ3v) is 6.34. The molecule has 0 bridgehead atoms. The highest BCUT2D eigenvalue weighted by molar-refractivity contribution is 9.10. The molecule has 0 aliphatic carbocycles. The first-order chi connectivity index (χ1) is 18.5. The Bertz CT molecular complexity index is 1720. The fourth-order valence-electron chi connectivity index (χ4n) is 4.03. The molecule has 0 saturated carbocycles. The Labute approximate surface area is 226 Å². The number of nitrogens with one attached hydrogen (secondary N) is 2. The van der Waals surface area contributed by atoms with Crippen molar-refractivity contribution in [2.45, 2.75) is 0 Å². The third kappa shape index (κ3) is 5.09. The van der Waals surface area contributed by atoms with Gasteiger partial charge in [0.15, 0.2) is 0 Å². The topological polar surface area (TPSA) is 107 Å². The van der Waals surface area contributed by atoms with Crippen molar-refractivity contribution < 1.29 is 14.3 Å². The predicted octanol–water partition coefficient (Wildman–Crippen LogP) is 6.45. The van der Waals surface area contributed by atoms with Gasteiger partial charge in [0, 0.05) is 21.0 Å². The fraction of sp³-hybridized carbons (Fsp3) is 0. The molecule has 7 nitrogen and oxygen atoms in total. The maximum Gasteiger partial charge on any atom is 0.343 e. The van der Waals surface area contributed by atoms with Crippen molar-refractivity contribution >= 4 is 44.9 Å². The second kappa shape index (κ2) is 10.9. The zero-order valence-electron chi connectivity index (χ0n) is 19.8. The van der Waals surface area contributed by atoms with Gasteiger partial charge in [0.1, 0.15) is 17.5 Å². The van der Waals surface area contributed by atoms with Crippen LogP contribution in [0, 0.1) is 11.3 Å². The number of nitrogens with zero attached hydrogens (tertiary/aromatic N) is 2. The summed E-state index contributed by atoms with van der Waals surface area (Å²) in [7, 11) is 0. The van der Waals surface area contributed by atoms with Gasteiger partial charge in [-0.25, -0.2) is 10.2 Å². The first-order valence-corrected chi connectivity index (χ1v) is 12.3. The summed E-state index contributed by atoms with van der Waals surface area (Å²) in [6.45, 7) is 0. The van der Waals surface area contributed by atoms with Gasteiger partial charge in [-0.2, -0.15) is 10.4 Å². The lowest BCUT2D eigenvalue weighted by atomic mass is 10.0. The van der Waals surface area contributed by atoms with E-state index in [0.717, 1.165) is 15.4 Å². The van der Waals surface area contributed by atoms with Gasteiger partial charge >= 0.3 is 5.97 Å². The lowest BCUT2D eigenvalue weighted by Gasteiger charge is -2.07. The number of nitriles is 1. The molecule has 4 aromatic carbocycles. The predicted molar refractivity (Wildman–Crippen MR) is 149 cm³/mol. The van der Waals surface area contributed by atoms with E-state index in [1.165, 1.54) is 6.21 Å². The summed E-state index contributed by atoms with van der Waals surface area (Å²) in [4.78, 5) is 28.9. The van der Waals surface area contributed by atoms with E-state index >= 15 is 0 Å². The molecule has 0 unspecified atom stereocenters. The maximum absolute atomic E-state index is 13.2. The Hall–Kier alpha value is -5.00. The summed E-state index contributed by atoms with van der Waals surface area (Å²) in [6, 6.07) is 30.7. The number of aromatic nitrogens is 1. The summed E-state index contributed by atoms with van der Waals surface area (Å²) >= 11 is 3.34. The van der Waals surface area contributed by atoms with Crippen molar-refractivity contribution in [3.8, 4) is 22.9 Å². The normalized spacial score (nSPS) is 10.8. The van der Waals surface area contributed by atoms with Crippen molar-refractivity contribution in [3.05, 3.63) is 124 Å². The minimum absolute atomic E-state index is 0.279. The largest absolute Gasteiger partial charge is 0.422 e. The van der Waals surface area contributed by atoms with Crippen LogP contribution in [-0.4, -0.2) is 23.1 Å². The zero-order chi connectivity index (χ0) is 26.5. The number of carbonyl (C=O) groups excluding carboxylic acids is 2. The first-order valence-electron chi connectivity index (χ1n) is 11.6.